The van der Waals surface area contributed by atoms with Crippen LogP contribution < -0.4 is 5.32 Å². The first-order valence-corrected chi connectivity index (χ1v) is 7.42. The third-order valence-corrected chi connectivity index (χ3v) is 3.58. The van der Waals surface area contributed by atoms with Crippen LogP contribution >= 0.6 is 0 Å². The van der Waals surface area contributed by atoms with Crippen LogP contribution in [0.25, 0.3) is 11.4 Å². The molecule has 23 heavy (non-hydrogen) atoms. The number of nitrogens with one attached hydrogen (secondary N) is 1. The Morgan fingerprint density at radius 3 is 2.70 bits per heavy atom. The van der Waals surface area contributed by atoms with Crippen molar-refractivity contribution in [2.45, 2.75) is 19.4 Å². The van der Waals surface area contributed by atoms with Crippen LogP contribution in [0.5, 0.6) is 0 Å². The number of hydrogen-bond acceptors (Lipinski definition) is 4. The van der Waals surface area contributed by atoms with Crippen molar-refractivity contribution in [3.63, 3.8) is 0 Å². The highest BCUT2D eigenvalue weighted by Crippen LogP contribution is 2.19. The lowest BCUT2D eigenvalue weighted by Gasteiger charge is -2.15. The summed E-state index contributed by atoms with van der Waals surface area (Å²) in [5.74, 6) is 0.558. The Kier molecular flexibility index (Phi) is 4.32. The summed E-state index contributed by atoms with van der Waals surface area (Å²) in [6.07, 6.45) is 6.00. The molecule has 0 spiro atoms. The first kappa shape index (κ1) is 15.1. The molecule has 0 fully saturated rings. The number of pyridine rings is 1. The van der Waals surface area contributed by atoms with Gasteiger partial charge < -0.3 is 9.88 Å². The molecule has 5 nitrogen and oxygen atoms in total. The summed E-state index contributed by atoms with van der Waals surface area (Å²) in [5, 5.41) is 11.4. The van der Waals surface area contributed by atoms with Gasteiger partial charge in [0.15, 0.2) is 5.82 Å². The Labute approximate surface area is 134 Å². The molecule has 3 rings (SSSR count). The molecule has 1 N–H and O–H groups in total. The van der Waals surface area contributed by atoms with Gasteiger partial charge in [-0.25, -0.2) is 4.39 Å². The summed E-state index contributed by atoms with van der Waals surface area (Å²) in [4.78, 5) is 4.26. The molecular formula is C17H18FN5. The minimum Gasteiger partial charge on any atom is -0.381 e. The standard InChI is InChI=1S/C17H18FN5/c1-12(7-13-3-5-15(18)6-4-13)21-16-8-14(9-19-10-16)17-22-20-11-23(17)2/h3-6,8-12,21H,7H2,1-2H3/t12-/m1/s1. The Morgan fingerprint density at radius 2 is 2.00 bits per heavy atom. The second-order valence-electron chi connectivity index (χ2n) is 5.60. The second-order valence-corrected chi connectivity index (χ2v) is 5.60. The van der Waals surface area contributed by atoms with Gasteiger partial charge in [-0.05, 0) is 37.1 Å². The lowest BCUT2D eigenvalue weighted by molar-refractivity contribution is 0.626. The molecule has 1 aromatic carbocycles. The van der Waals surface area contributed by atoms with Crippen molar-refractivity contribution in [1.29, 1.82) is 0 Å². The maximum Gasteiger partial charge on any atom is 0.165 e. The van der Waals surface area contributed by atoms with Crippen LogP contribution in [-0.2, 0) is 13.5 Å². The second kappa shape index (κ2) is 6.56. The van der Waals surface area contributed by atoms with E-state index >= 15 is 0 Å². The molecule has 0 radical (unpaired) electrons. The fraction of sp³-hybridized carbons (Fsp3) is 0.235. The first-order chi connectivity index (χ1) is 11.1. The minimum atomic E-state index is -0.213. The SMILES string of the molecule is C[C@H](Cc1ccc(F)cc1)Nc1cncc(-c2nncn2C)c1. The molecule has 0 saturated heterocycles. The number of benzene rings is 1. The zero-order valence-corrected chi connectivity index (χ0v) is 13.1. The molecule has 0 amide bonds. The molecule has 2 heterocycles. The smallest absolute Gasteiger partial charge is 0.165 e. The van der Waals surface area contributed by atoms with Crippen LogP contribution in [-0.4, -0.2) is 25.8 Å². The Hall–Kier alpha value is -2.76. The van der Waals surface area contributed by atoms with Gasteiger partial charge in [0.25, 0.3) is 0 Å². The van der Waals surface area contributed by atoms with Gasteiger partial charge in [-0.2, -0.15) is 0 Å². The van der Waals surface area contributed by atoms with E-state index in [1.165, 1.54) is 12.1 Å². The number of rotatable bonds is 5. The molecule has 118 valence electrons. The van der Waals surface area contributed by atoms with Gasteiger partial charge in [-0.3, -0.25) is 4.98 Å². The summed E-state index contributed by atoms with van der Waals surface area (Å²) in [5.41, 5.74) is 2.91. The van der Waals surface area contributed by atoms with Gasteiger partial charge in [0.05, 0.1) is 5.69 Å². The molecule has 2 aromatic heterocycles. The average molecular weight is 311 g/mol. The Balaban J connectivity index is 1.70. The molecule has 0 aliphatic rings. The van der Waals surface area contributed by atoms with E-state index in [4.69, 9.17) is 0 Å². The topological polar surface area (TPSA) is 55.6 Å². The summed E-state index contributed by atoms with van der Waals surface area (Å²) in [6.45, 7) is 2.08. The van der Waals surface area contributed by atoms with Crippen LogP contribution in [0.4, 0.5) is 10.1 Å². The van der Waals surface area contributed by atoms with Crippen molar-refractivity contribution in [1.82, 2.24) is 19.7 Å². The zero-order chi connectivity index (χ0) is 16.2. The van der Waals surface area contributed by atoms with Crippen molar-refractivity contribution in [2.24, 2.45) is 7.05 Å². The van der Waals surface area contributed by atoms with Crippen molar-refractivity contribution in [3.8, 4) is 11.4 Å². The molecule has 3 aromatic rings. The number of nitrogens with zero attached hydrogens (tertiary/aromatic N) is 4. The molecular weight excluding hydrogens is 293 g/mol. The molecule has 0 aliphatic carbocycles. The predicted molar refractivity (Wildman–Crippen MR) is 87.4 cm³/mol. The van der Waals surface area contributed by atoms with Gasteiger partial charge in [0.1, 0.15) is 12.1 Å². The number of aromatic nitrogens is 4. The molecule has 6 heteroatoms. The van der Waals surface area contributed by atoms with Crippen LogP contribution in [0, 0.1) is 5.82 Å². The molecule has 0 bridgehead atoms. The lowest BCUT2D eigenvalue weighted by Crippen LogP contribution is -2.18. The maximum absolute atomic E-state index is 12.9. The molecule has 1 atom stereocenters. The normalized spacial score (nSPS) is 12.1. The lowest BCUT2D eigenvalue weighted by atomic mass is 10.1. The Morgan fingerprint density at radius 1 is 1.22 bits per heavy atom. The van der Waals surface area contributed by atoms with E-state index in [9.17, 15) is 4.39 Å². The molecule has 0 saturated carbocycles. The van der Waals surface area contributed by atoms with E-state index in [2.05, 4.69) is 27.4 Å². The summed E-state index contributed by atoms with van der Waals surface area (Å²) in [7, 11) is 1.90. The Bertz CT molecular complexity index is 782. The fourth-order valence-electron chi connectivity index (χ4n) is 2.50. The number of halogens is 1. The number of anilines is 1. The van der Waals surface area contributed by atoms with Gasteiger partial charge in [0, 0.05) is 31.0 Å². The number of aryl methyl sites for hydroxylation is 1. The van der Waals surface area contributed by atoms with E-state index < -0.39 is 0 Å². The highest BCUT2D eigenvalue weighted by Gasteiger charge is 2.08. The third kappa shape index (κ3) is 3.71. The van der Waals surface area contributed by atoms with E-state index in [1.807, 2.05) is 29.8 Å². The van der Waals surface area contributed by atoms with E-state index in [0.29, 0.717) is 0 Å². The van der Waals surface area contributed by atoms with Crippen LogP contribution in [0.1, 0.15) is 12.5 Å². The quantitative estimate of drug-likeness (QED) is 0.787. The monoisotopic (exact) mass is 311 g/mol. The van der Waals surface area contributed by atoms with Gasteiger partial charge >= 0.3 is 0 Å². The minimum absolute atomic E-state index is 0.192. The van der Waals surface area contributed by atoms with Crippen molar-refractivity contribution >= 4 is 5.69 Å². The van der Waals surface area contributed by atoms with Crippen molar-refractivity contribution in [2.75, 3.05) is 5.32 Å². The average Bonchev–Trinajstić information content (AvgIpc) is 2.96. The number of hydrogen-bond donors (Lipinski definition) is 1. The summed E-state index contributed by atoms with van der Waals surface area (Å²) < 4.78 is 14.8. The van der Waals surface area contributed by atoms with Gasteiger partial charge in [0.2, 0.25) is 0 Å². The predicted octanol–water partition coefficient (Wildman–Crippen LogP) is 3.06. The van der Waals surface area contributed by atoms with Gasteiger partial charge in [-0.1, -0.05) is 12.1 Å². The van der Waals surface area contributed by atoms with Crippen molar-refractivity contribution in [3.05, 3.63) is 60.4 Å². The van der Waals surface area contributed by atoms with E-state index in [1.54, 1.807) is 18.7 Å². The van der Waals surface area contributed by atoms with E-state index in [0.717, 1.165) is 29.1 Å². The summed E-state index contributed by atoms with van der Waals surface area (Å²) in [6, 6.07) is 8.77. The highest BCUT2D eigenvalue weighted by molar-refractivity contribution is 5.60. The van der Waals surface area contributed by atoms with Crippen LogP contribution in [0.3, 0.4) is 0 Å². The molecule has 0 aliphatic heterocycles. The largest absolute Gasteiger partial charge is 0.381 e. The fourth-order valence-corrected chi connectivity index (χ4v) is 2.50. The van der Waals surface area contributed by atoms with Crippen molar-refractivity contribution < 1.29 is 4.39 Å². The highest BCUT2D eigenvalue weighted by atomic mass is 19.1. The maximum atomic E-state index is 12.9. The molecule has 0 unspecified atom stereocenters. The first-order valence-electron chi connectivity index (χ1n) is 7.42. The zero-order valence-electron chi connectivity index (χ0n) is 13.1. The van der Waals surface area contributed by atoms with Crippen LogP contribution in [0.15, 0.2) is 49.1 Å². The van der Waals surface area contributed by atoms with E-state index in [-0.39, 0.29) is 11.9 Å². The van der Waals surface area contributed by atoms with Crippen LogP contribution in [0.2, 0.25) is 0 Å². The third-order valence-electron chi connectivity index (χ3n) is 3.58. The summed E-state index contributed by atoms with van der Waals surface area (Å²) >= 11 is 0. The van der Waals surface area contributed by atoms with Gasteiger partial charge in [-0.15, -0.1) is 10.2 Å².